The summed E-state index contributed by atoms with van der Waals surface area (Å²) in [6, 6.07) is 5.27. The molecule has 1 aromatic rings. The van der Waals surface area contributed by atoms with Gasteiger partial charge in [0.1, 0.15) is 4.90 Å². The molecule has 21 heavy (non-hydrogen) atoms. The molecule has 0 radical (unpaired) electrons. The van der Waals surface area contributed by atoms with Crippen molar-refractivity contribution in [3.05, 3.63) is 34.4 Å². The van der Waals surface area contributed by atoms with Crippen LogP contribution in [0.3, 0.4) is 0 Å². The fourth-order valence-electron chi connectivity index (χ4n) is 2.17. The summed E-state index contributed by atoms with van der Waals surface area (Å²) in [4.78, 5) is 10.1. The van der Waals surface area contributed by atoms with Gasteiger partial charge in [0.2, 0.25) is 0 Å². The van der Waals surface area contributed by atoms with Gasteiger partial charge in [-0.2, -0.15) is 0 Å². The molecule has 0 aliphatic carbocycles. The lowest BCUT2D eigenvalue weighted by molar-refractivity contribution is -0.387. The first-order chi connectivity index (χ1) is 9.83. The Morgan fingerprint density at radius 3 is 2.43 bits per heavy atom. The van der Waals surface area contributed by atoms with Crippen LogP contribution in [0.4, 0.5) is 5.69 Å². The van der Waals surface area contributed by atoms with Crippen LogP contribution in [-0.4, -0.2) is 31.7 Å². The van der Waals surface area contributed by atoms with Crippen LogP contribution in [0.15, 0.2) is 29.2 Å². The molecule has 1 rings (SSSR count). The van der Waals surface area contributed by atoms with Gasteiger partial charge in [-0.15, -0.1) is 0 Å². The molecule has 0 saturated heterocycles. The summed E-state index contributed by atoms with van der Waals surface area (Å²) in [6.45, 7) is 6.53. The minimum absolute atomic E-state index is 0.138. The first kappa shape index (κ1) is 17.6. The third-order valence-electron chi connectivity index (χ3n) is 3.59. The molecule has 1 N–H and O–H groups in total. The molecule has 2 atom stereocenters. The number of hydrogen-bond donors (Lipinski definition) is 1. The maximum atomic E-state index is 12.5. The van der Waals surface area contributed by atoms with Crippen LogP contribution in [0.2, 0.25) is 0 Å². The maximum Gasteiger partial charge on any atom is 0.287 e. The quantitative estimate of drug-likeness (QED) is 0.588. The minimum atomic E-state index is -3.72. The number of nitrogens with one attached hydrogen (secondary N) is 1. The molecule has 0 aliphatic rings. The fourth-order valence-corrected chi connectivity index (χ4v) is 4.01. The molecule has 0 bridgehead atoms. The first-order valence-electron chi connectivity index (χ1n) is 7.03. The number of nitro groups is 1. The molecule has 0 aliphatic heterocycles. The van der Waals surface area contributed by atoms with Crippen LogP contribution in [0.5, 0.6) is 0 Å². The van der Waals surface area contributed by atoms with Crippen LogP contribution in [0.25, 0.3) is 0 Å². The summed E-state index contributed by atoms with van der Waals surface area (Å²) in [7, 11) is -3.72. The number of para-hydroxylation sites is 1. The van der Waals surface area contributed by atoms with E-state index in [0.29, 0.717) is 6.54 Å². The first-order valence-corrected chi connectivity index (χ1v) is 8.68. The van der Waals surface area contributed by atoms with E-state index in [0.717, 1.165) is 6.42 Å². The van der Waals surface area contributed by atoms with Gasteiger partial charge < -0.3 is 5.32 Å². The van der Waals surface area contributed by atoms with Crippen molar-refractivity contribution in [3.8, 4) is 0 Å². The molecule has 0 heterocycles. The maximum absolute atomic E-state index is 12.5. The van der Waals surface area contributed by atoms with Crippen LogP contribution in [0.1, 0.15) is 27.2 Å². The second-order valence-electron chi connectivity index (χ2n) is 5.06. The summed E-state index contributed by atoms with van der Waals surface area (Å²) in [5.41, 5.74) is -0.364. The highest BCUT2D eigenvalue weighted by molar-refractivity contribution is 7.91. The van der Waals surface area contributed by atoms with E-state index in [1.54, 1.807) is 0 Å². The number of hydrogen-bond acceptors (Lipinski definition) is 5. The van der Waals surface area contributed by atoms with Gasteiger partial charge in [0.25, 0.3) is 5.69 Å². The summed E-state index contributed by atoms with van der Waals surface area (Å²) in [5.74, 6) is 0.0308. The molecule has 0 fully saturated rings. The lowest BCUT2D eigenvalue weighted by Gasteiger charge is -2.23. The largest absolute Gasteiger partial charge is 0.313 e. The minimum Gasteiger partial charge on any atom is -0.313 e. The predicted molar refractivity (Wildman–Crippen MR) is 82.1 cm³/mol. The third kappa shape index (κ3) is 4.50. The van der Waals surface area contributed by atoms with E-state index < -0.39 is 14.8 Å². The SMILES string of the molecule is CCNC(CS(=O)(=O)c1ccccc1[N+](=O)[O-])C(C)CC. The topological polar surface area (TPSA) is 89.3 Å². The van der Waals surface area contributed by atoms with E-state index in [1.807, 2.05) is 20.8 Å². The monoisotopic (exact) mass is 314 g/mol. The van der Waals surface area contributed by atoms with E-state index >= 15 is 0 Å². The van der Waals surface area contributed by atoms with E-state index in [1.165, 1.54) is 24.3 Å². The van der Waals surface area contributed by atoms with Gasteiger partial charge in [0.15, 0.2) is 9.84 Å². The summed E-state index contributed by atoms with van der Waals surface area (Å²) >= 11 is 0. The van der Waals surface area contributed by atoms with Gasteiger partial charge in [0, 0.05) is 12.1 Å². The average molecular weight is 314 g/mol. The Kier molecular flexibility index (Phi) is 6.29. The van der Waals surface area contributed by atoms with Gasteiger partial charge in [-0.05, 0) is 18.5 Å². The highest BCUT2D eigenvalue weighted by Crippen LogP contribution is 2.25. The van der Waals surface area contributed by atoms with E-state index in [9.17, 15) is 18.5 Å². The zero-order chi connectivity index (χ0) is 16.0. The van der Waals surface area contributed by atoms with Crippen molar-refractivity contribution in [1.82, 2.24) is 5.32 Å². The molecule has 0 saturated carbocycles. The fraction of sp³-hybridized carbons (Fsp3) is 0.571. The Balaban J connectivity index is 3.13. The van der Waals surface area contributed by atoms with Gasteiger partial charge in [-0.25, -0.2) is 8.42 Å². The predicted octanol–water partition coefficient (Wildman–Crippen LogP) is 2.39. The molecule has 118 valence electrons. The van der Waals surface area contributed by atoms with Crippen molar-refractivity contribution < 1.29 is 13.3 Å². The average Bonchev–Trinajstić information content (AvgIpc) is 2.45. The second-order valence-corrected chi connectivity index (χ2v) is 7.06. The number of nitro benzene ring substituents is 1. The Hall–Kier alpha value is -1.47. The zero-order valence-corrected chi connectivity index (χ0v) is 13.4. The standard InChI is InChI=1S/C14H22N2O4S/c1-4-11(3)12(15-5-2)10-21(19,20)14-9-7-6-8-13(14)16(17)18/h6-9,11-12,15H,4-5,10H2,1-3H3. The molecule has 0 spiro atoms. The third-order valence-corrected chi connectivity index (χ3v) is 5.41. The van der Waals surface area contributed by atoms with Gasteiger partial charge >= 0.3 is 0 Å². The zero-order valence-electron chi connectivity index (χ0n) is 12.6. The molecule has 6 nitrogen and oxygen atoms in total. The van der Waals surface area contributed by atoms with Crippen molar-refractivity contribution in [2.75, 3.05) is 12.3 Å². The highest BCUT2D eigenvalue weighted by Gasteiger charge is 2.29. The van der Waals surface area contributed by atoms with Crippen molar-refractivity contribution in [2.45, 2.75) is 38.1 Å². The molecule has 0 aromatic heterocycles. The lowest BCUT2D eigenvalue weighted by atomic mass is 10.0. The summed E-state index contributed by atoms with van der Waals surface area (Å²) < 4.78 is 25.0. The van der Waals surface area contributed by atoms with E-state index in [4.69, 9.17) is 0 Å². The summed E-state index contributed by atoms with van der Waals surface area (Å²) in [6.07, 6.45) is 0.837. The molecular formula is C14H22N2O4S. The lowest BCUT2D eigenvalue weighted by Crippen LogP contribution is -2.40. The molecule has 2 unspecified atom stereocenters. The number of sulfone groups is 1. The molecule has 7 heteroatoms. The Labute approximate surface area is 125 Å². The van der Waals surface area contributed by atoms with Crippen molar-refractivity contribution in [2.24, 2.45) is 5.92 Å². The normalized spacial score (nSPS) is 14.6. The Morgan fingerprint density at radius 2 is 1.90 bits per heavy atom. The Morgan fingerprint density at radius 1 is 1.29 bits per heavy atom. The van der Waals surface area contributed by atoms with E-state index in [2.05, 4.69) is 5.32 Å². The second kappa shape index (κ2) is 7.51. The van der Waals surface area contributed by atoms with Crippen molar-refractivity contribution in [3.63, 3.8) is 0 Å². The smallest absolute Gasteiger partial charge is 0.287 e. The van der Waals surface area contributed by atoms with Crippen LogP contribution in [0, 0.1) is 16.0 Å². The van der Waals surface area contributed by atoms with Crippen molar-refractivity contribution >= 4 is 15.5 Å². The van der Waals surface area contributed by atoms with Crippen LogP contribution >= 0.6 is 0 Å². The number of nitrogens with zero attached hydrogens (tertiary/aromatic N) is 1. The van der Waals surface area contributed by atoms with Crippen LogP contribution in [-0.2, 0) is 9.84 Å². The molecule has 0 amide bonds. The highest BCUT2D eigenvalue weighted by atomic mass is 32.2. The Bertz CT molecular complexity index is 586. The summed E-state index contributed by atoms with van der Waals surface area (Å²) in [5, 5.41) is 14.2. The molecular weight excluding hydrogens is 292 g/mol. The van der Waals surface area contributed by atoms with Crippen molar-refractivity contribution in [1.29, 1.82) is 0 Å². The van der Waals surface area contributed by atoms with Gasteiger partial charge in [0.05, 0.1) is 10.7 Å². The van der Waals surface area contributed by atoms with E-state index in [-0.39, 0.29) is 28.3 Å². The van der Waals surface area contributed by atoms with Gasteiger partial charge in [-0.3, -0.25) is 10.1 Å². The van der Waals surface area contributed by atoms with Gasteiger partial charge in [-0.1, -0.05) is 39.3 Å². The molecule has 1 aromatic carbocycles. The van der Waals surface area contributed by atoms with Crippen LogP contribution < -0.4 is 5.32 Å². The number of benzene rings is 1. The number of rotatable bonds is 8.